The van der Waals surface area contributed by atoms with Crippen molar-refractivity contribution in [3.63, 3.8) is 0 Å². The molecule has 2 aromatic carbocycles. The molecule has 0 saturated heterocycles. The van der Waals surface area contributed by atoms with Crippen LogP contribution in [-0.2, 0) is 26.2 Å². The van der Waals surface area contributed by atoms with Crippen molar-refractivity contribution in [3.05, 3.63) is 84.5 Å². The summed E-state index contributed by atoms with van der Waals surface area (Å²) >= 11 is 0. The number of hydrogen-bond acceptors (Lipinski definition) is 5. The predicted octanol–water partition coefficient (Wildman–Crippen LogP) is 2.25. The van der Waals surface area contributed by atoms with E-state index in [-0.39, 0.29) is 18.0 Å². The van der Waals surface area contributed by atoms with Crippen molar-refractivity contribution in [2.45, 2.75) is 23.9 Å². The molecule has 168 valence electrons. The fourth-order valence-corrected chi connectivity index (χ4v) is 4.27. The van der Waals surface area contributed by atoms with Crippen LogP contribution in [0.2, 0.25) is 0 Å². The van der Waals surface area contributed by atoms with Crippen molar-refractivity contribution < 1.29 is 27.9 Å². The Hall–Kier alpha value is -3.43. The highest BCUT2D eigenvalue weighted by atomic mass is 32.2. The molecule has 3 N–H and O–H groups in total. The van der Waals surface area contributed by atoms with Crippen LogP contribution in [0.5, 0.6) is 5.75 Å². The second-order valence-electron chi connectivity index (χ2n) is 7.46. The van der Waals surface area contributed by atoms with Crippen molar-refractivity contribution in [1.82, 2.24) is 10.0 Å². The molecule has 9 heteroatoms. The number of hydrogen-bond donors (Lipinski definition) is 3. The van der Waals surface area contributed by atoms with Gasteiger partial charge in [-0.2, -0.15) is 0 Å². The molecule has 1 aliphatic carbocycles. The van der Waals surface area contributed by atoms with E-state index in [0.29, 0.717) is 5.75 Å². The van der Waals surface area contributed by atoms with Crippen LogP contribution in [0, 0.1) is 5.92 Å². The van der Waals surface area contributed by atoms with Gasteiger partial charge in [-0.15, -0.1) is 0 Å². The first-order valence-electron chi connectivity index (χ1n) is 9.86. The Morgan fingerprint density at radius 1 is 1.06 bits per heavy atom. The molecule has 0 aliphatic heterocycles. The van der Waals surface area contributed by atoms with Gasteiger partial charge >= 0.3 is 5.97 Å². The minimum absolute atomic E-state index is 0.0705. The van der Waals surface area contributed by atoms with Crippen molar-refractivity contribution in [2.75, 3.05) is 6.61 Å². The van der Waals surface area contributed by atoms with Gasteiger partial charge < -0.3 is 15.2 Å². The molecule has 1 amide bonds. The number of sulfonamides is 1. The first-order chi connectivity index (χ1) is 15.2. The summed E-state index contributed by atoms with van der Waals surface area (Å²) in [4.78, 5) is 23.8. The monoisotopic (exact) mass is 456 g/mol. The highest BCUT2D eigenvalue weighted by molar-refractivity contribution is 7.89. The van der Waals surface area contributed by atoms with Gasteiger partial charge in [-0.05, 0) is 36.8 Å². The predicted molar refractivity (Wildman–Crippen MR) is 118 cm³/mol. The summed E-state index contributed by atoms with van der Waals surface area (Å²) in [5, 5.41) is 12.0. The largest absolute Gasteiger partial charge is 0.484 e. The van der Waals surface area contributed by atoms with Gasteiger partial charge in [0.1, 0.15) is 11.7 Å². The van der Waals surface area contributed by atoms with Gasteiger partial charge in [-0.25, -0.2) is 13.1 Å². The number of benzene rings is 2. The summed E-state index contributed by atoms with van der Waals surface area (Å²) in [5.74, 6) is -2.14. The molecule has 0 aromatic heterocycles. The molecule has 2 unspecified atom stereocenters. The Bertz CT molecular complexity index is 1130. The van der Waals surface area contributed by atoms with Crippen molar-refractivity contribution in [1.29, 1.82) is 0 Å². The number of carboxylic acids is 1. The third-order valence-electron chi connectivity index (χ3n) is 4.99. The van der Waals surface area contributed by atoms with E-state index in [2.05, 4.69) is 10.0 Å². The number of carbonyl (C=O) groups excluding carboxylic acids is 1. The van der Waals surface area contributed by atoms with Crippen LogP contribution >= 0.6 is 0 Å². The first-order valence-corrected chi connectivity index (χ1v) is 11.3. The topological polar surface area (TPSA) is 122 Å². The number of ether oxygens (including phenoxy) is 1. The number of carboxylic acid groups (broad SMARTS) is 1. The Labute approximate surface area is 186 Å². The zero-order valence-corrected chi connectivity index (χ0v) is 18.2. The molecule has 0 fully saturated rings. The zero-order valence-electron chi connectivity index (χ0n) is 17.4. The van der Waals surface area contributed by atoms with E-state index in [0.717, 1.165) is 5.56 Å². The number of amides is 1. The second kappa shape index (κ2) is 9.80. The molecule has 0 saturated carbocycles. The minimum atomic E-state index is -3.70. The Kier molecular flexibility index (Phi) is 7.12. The lowest BCUT2D eigenvalue weighted by atomic mass is 9.82. The summed E-state index contributed by atoms with van der Waals surface area (Å²) in [7, 11) is -3.70. The summed E-state index contributed by atoms with van der Waals surface area (Å²) < 4.78 is 32.9. The molecule has 0 spiro atoms. The number of rotatable bonds is 9. The van der Waals surface area contributed by atoms with Gasteiger partial charge in [0.05, 0.1) is 10.4 Å². The smallest absolute Gasteiger partial charge is 0.313 e. The zero-order chi connectivity index (χ0) is 23.2. The molecule has 1 aliphatic rings. The van der Waals surface area contributed by atoms with E-state index < -0.39 is 33.4 Å². The maximum Gasteiger partial charge on any atom is 0.313 e. The average Bonchev–Trinajstić information content (AvgIpc) is 2.77. The molecular weight excluding hydrogens is 432 g/mol. The van der Waals surface area contributed by atoms with Crippen molar-refractivity contribution >= 4 is 21.9 Å². The van der Waals surface area contributed by atoms with Gasteiger partial charge in [0.15, 0.2) is 6.61 Å². The molecular formula is C23H24N2O6S. The molecule has 0 heterocycles. The number of nitrogens with one attached hydrogen (secondary N) is 2. The number of allylic oxidation sites excluding steroid dienone is 2. The number of aliphatic carboxylic acids is 1. The third-order valence-corrected chi connectivity index (χ3v) is 6.41. The molecule has 3 rings (SSSR count). The average molecular weight is 457 g/mol. The van der Waals surface area contributed by atoms with Crippen molar-refractivity contribution in [2.24, 2.45) is 5.92 Å². The van der Waals surface area contributed by atoms with Gasteiger partial charge in [-0.3, -0.25) is 9.59 Å². The lowest BCUT2D eigenvalue weighted by molar-refractivity contribution is -0.142. The standard InChI is InChI=1S/C23H24N2O6S/c1-23(14-6-5-9-20(23)22(27)28)25-21(26)16-31-18-10-12-19(13-11-18)32(29,30)24-15-17-7-3-2-4-8-17/h2-14,20,24H,15-16H2,1H3,(H,25,26)(H,27,28). The van der Waals surface area contributed by atoms with E-state index in [1.54, 1.807) is 25.2 Å². The Balaban J connectivity index is 1.55. The molecule has 32 heavy (non-hydrogen) atoms. The van der Waals surface area contributed by atoms with E-state index >= 15 is 0 Å². The van der Waals surface area contributed by atoms with Gasteiger partial charge in [0.25, 0.3) is 5.91 Å². The van der Waals surface area contributed by atoms with E-state index in [1.165, 1.54) is 30.3 Å². The van der Waals surface area contributed by atoms with Crippen LogP contribution in [0.3, 0.4) is 0 Å². The molecule has 0 bridgehead atoms. The van der Waals surface area contributed by atoms with Crippen LogP contribution in [0.4, 0.5) is 0 Å². The lowest BCUT2D eigenvalue weighted by Gasteiger charge is -2.33. The van der Waals surface area contributed by atoms with E-state index in [1.807, 2.05) is 30.3 Å². The normalized spacial score (nSPS) is 20.0. The fourth-order valence-electron chi connectivity index (χ4n) is 3.25. The maximum atomic E-state index is 12.4. The Morgan fingerprint density at radius 3 is 2.41 bits per heavy atom. The molecule has 2 aromatic rings. The summed E-state index contributed by atoms with van der Waals surface area (Å²) in [6.07, 6.45) is 6.42. The van der Waals surface area contributed by atoms with E-state index in [9.17, 15) is 23.1 Å². The fraction of sp³-hybridized carbons (Fsp3) is 0.217. The van der Waals surface area contributed by atoms with Gasteiger partial charge in [0.2, 0.25) is 10.0 Å². The van der Waals surface area contributed by atoms with Crippen LogP contribution in [0.15, 0.2) is 83.8 Å². The van der Waals surface area contributed by atoms with Crippen LogP contribution in [-0.4, -0.2) is 37.5 Å². The SMILES string of the molecule is CC1(NC(=O)COc2ccc(S(=O)(=O)NCc3ccccc3)cc2)C=CC=CC1C(=O)O. The molecule has 2 atom stereocenters. The van der Waals surface area contributed by atoms with Gasteiger partial charge in [0, 0.05) is 6.54 Å². The second-order valence-corrected chi connectivity index (χ2v) is 9.23. The van der Waals surface area contributed by atoms with Crippen molar-refractivity contribution in [3.8, 4) is 5.75 Å². The maximum absolute atomic E-state index is 12.4. The summed E-state index contributed by atoms with van der Waals surface area (Å²) in [6, 6.07) is 14.8. The highest BCUT2D eigenvalue weighted by Crippen LogP contribution is 2.24. The number of carbonyl (C=O) groups is 2. The van der Waals surface area contributed by atoms with Crippen LogP contribution < -0.4 is 14.8 Å². The molecule has 8 nitrogen and oxygen atoms in total. The van der Waals surface area contributed by atoms with Crippen LogP contribution in [0.1, 0.15) is 12.5 Å². The minimum Gasteiger partial charge on any atom is -0.484 e. The quantitative estimate of drug-likeness (QED) is 0.532. The summed E-state index contributed by atoms with van der Waals surface area (Å²) in [6.45, 7) is 1.44. The Morgan fingerprint density at radius 2 is 1.75 bits per heavy atom. The summed E-state index contributed by atoms with van der Waals surface area (Å²) in [5.41, 5.74) is -0.243. The first kappa shape index (κ1) is 23.2. The third kappa shape index (κ3) is 5.83. The molecule has 0 radical (unpaired) electrons. The lowest BCUT2D eigenvalue weighted by Crippen LogP contribution is -2.53. The van der Waals surface area contributed by atoms with Gasteiger partial charge in [-0.1, -0.05) is 54.6 Å². The highest BCUT2D eigenvalue weighted by Gasteiger charge is 2.38. The van der Waals surface area contributed by atoms with Crippen LogP contribution in [0.25, 0.3) is 0 Å². The van der Waals surface area contributed by atoms with E-state index in [4.69, 9.17) is 4.74 Å².